The number of carbonyl (C=O) groups excluding carboxylic acids is 2. The number of thiazole rings is 1. The van der Waals surface area contributed by atoms with Gasteiger partial charge in [-0.1, -0.05) is 18.2 Å². The highest BCUT2D eigenvalue weighted by atomic mass is 32.1. The molecule has 0 atom stereocenters. The number of aromatic nitrogens is 3. The van der Waals surface area contributed by atoms with E-state index in [1.165, 1.54) is 23.5 Å². The first-order valence-electron chi connectivity index (χ1n) is 12.1. The molecule has 4 aromatic rings. The molecule has 0 bridgehead atoms. The number of hydrogen-bond acceptors (Lipinski definition) is 8. The Morgan fingerprint density at radius 3 is 2.57 bits per heavy atom. The minimum absolute atomic E-state index is 0.00482. The van der Waals surface area contributed by atoms with E-state index in [9.17, 15) is 14.0 Å². The predicted octanol–water partition coefficient (Wildman–Crippen LogP) is 2.89. The standard InChI is InChI=1S/C26H25FN6O3S/c27-21-5-1-18(2-6-21)15-33-23-13-19(3-4-20(23)14-29-33)26(35)36-32-16-22(17-32)30-8-10-31(11-9-30)25(34)24-28-7-12-37-24/h1-7,12-14,22H,8-11,15-17H2. The molecule has 0 aliphatic carbocycles. The van der Waals surface area contributed by atoms with Crippen molar-refractivity contribution in [1.82, 2.24) is 29.6 Å². The molecule has 0 spiro atoms. The fourth-order valence-corrected chi connectivity index (χ4v) is 5.33. The number of nitrogens with zero attached hydrogens (tertiary/aromatic N) is 6. The summed E-state index contributed by atoms with van der Waals surface area (Å²) in [5.41, 5.74) is 2.18. The number of piperazine rings is 1. The van der Waals surface area contributed by atoms with Gasteiger partial charge in [0.05, 0.1) is 36.9 Å². The van der Waals surface area contributed by atoms with Crippen molar-refractivity contribution < 1.29 is 18.8 Å². The van der Waals surface area contributed by atoms with E-state index in [2.05, 4.69) is 15.0 Å². The highest BCUT2D eigenvalue weighted by Gasteiger charge is 2.37. The Balaban J connectivity index is 1.02. The zero-order valence-electron chi connectivity index (χ0n) is 20.0. The lowest BCUT2D eigenvalue weighted by atomic mass is 10.1. The molecule has 4 heterocycles. The molecule has 2 saturated heterocycles. The summed E-state index contributed by atoms with van der Waals surface area (Å²) >= 11 is 1.37. The second-order valence-corrected chi connectivity index (χ2v) is 10.1. The van der Waals surface area contributed by atoms with Crippen molar-refractivity contribution in [2.75, 3.05) is 39.3 Å². The van der Waals surface area contributed by atoms with Crippen LogP contribution in [0.5, 0.6) is 0 Å². The fourth-order valence-electron chi connectivity index (χ4n) is 4.73. The topological polar surface area (TPSA) is 83.8 Å². The Hall–Kier alpha value is -3.67. The largest absolute Gasteiger partial charge is 0.364 e. The first kappa shape index (κ1) is 23.7. The van der Waals surface area contributed by atoms with Crippen molar-refractivity contribution >= 4 is 34.1 Å². The number of rotatable bonds is 6. The lowest BCUT2D eigenvalue weighted by Gasteiger charge is -2.46. The molecule has 0 N–H and O–H groups in total. The highest BCUT2D eigenvalue weighted by molar-refractivity contribution is 7.11. The third-order valence-electron chi connectivity index (χ3n) is 6.90. The van der Waals surface area contributed by atoms with Crippen molar-refractivity contribution in [2.45, 2.75) is 12.6 Å². The van der Waals surface area contributed by atoms with Crippen LogP contribution in [0.3, 0.4) is 0 Å². The summed E-state index contributed by atoms with van der Waals surface area (Å²) in [4.78, 5) is 39.3. The van der Waals surface area contributed by atoms with Crippen LogP contribution in [0.4, 0.5) is 4.39 Å². The molecule has 9 nitrogen and oxygen atoms in total. The van der Waals surface area contributed by atoms with E-state index in [0.29, 0.717) is 49.3 Å². The van der Waals surface area contributed by atoms with Gasteiger partial charge >= 0.3 is 5.97 Å². The normalized spacial score (nSPS) is 17.2. The zero-order chi connectivity index (χ0) is 25.4. The first-order chi connectivity index (χ1) is 18.0. The molecule has 2 aromatic carbocycles. The van der Waals surface area contributed by atoms with Crippen molar-refractivity contribution in [3.8, 4) is 0 Å². The number of fused-ring (bicyclic) bond motifs is 1. The van der Waals surface area contributed by atoms with Crippen LogP contribution in [0.1, 0.15) is 25.7 Å². The Bertz CT molecular complexity index is 1410. The summed E-state index contributed by atoms with van der Waals surface area (Å²) in [7, 11) is 0. The minimum atomic E-state index is -0.409. The molecule has 11 heteroatoms. The Morgan fingerprint density at radius 2 is 1.84 bits per heavy atom. The summed E-state index contributed by atoms with van der Waals surface area (Å²) in [6.45, 7) is 4.66. The van der Waals surface area contributed by atoms with Crippen LogP contribution in [0, 0.1) is 5.82 Å². The van der Waals surface area contributed by atoms with Gasteiger partial charge < -0.3 is 9.74 Å². The number of halogens is 1. The Morgan fingerprint density at radius 1 is 1.05 bits per heavy atom. The molecular formula is C26H25FN6O3S. The van der Waals surface area contributed by atoms with E-state index in [4.69, 9.17) is 4.84 Å². The van der Waals surface area contributed by atoms with E-state index in [1.54, 1.807) is 46.4 Å². The molecule has 37 heavy (non-hydrogen) atoms. The van der Waals surface area contributed by atoms with Crippen molar-refractivity contribution in [3.05, 3.63) is 82.2 Å². The zero-order valence-corrected chi connectivity index (χ0v) is 20.8. The van der Waals surface area contributed by atoms with Gasteiger partial charge in [0.1, 0.15) is 5.82 Å². The maximum absolute atomic E-state index is 13.2. The Kier molecular flexibility index (Phi) is 6.41. The smallest absolute Gasteiger partial charge is 0.357 e. The van der Waals surface area contributed by atoms with Crippen LogP contribution in [-0.2, 0) is 11.4 Å². The predicted molar refractivity (Wildman–Crippen MR) is 136 cm³/mol. The van der Waals surface area contributed by atoms with Crippen molar-refractivity contribution in [2.24, 2.45) is 0 Å². The molecule has 1 amide bonds. The molecule has 2 aromatic heterocycles. The van der Waals surface area contributed by atoms with Gasteiger partial charge in [-0.05, 0) is 29.8 Å². The number of amides is 1. The summed E-state index contributed by atoms with van der Waals surface area (Å²) in [6, 6.07) is 12.0. The number of benzene rings is 2. The van der Waals surface area contributed by atoms with Crippen molar-refractivity contribution in [3.63, 3.8) is 0 Å². The SMILES string of the molecule is O=C(ON1CC(N2CCN(C(=O)c3nccs3)CC2)C1)c1ccc2cnn(Cc3ccc(F)cc3)c2c1. The number of hydroxylamine groups is 2. The fraction of sp³-hybridized carbons (Fsp3) is 0.308. The number of carbonyl (C=O) groups is 2. The molecule has 0 radical (unpaired) electrons. The van der Waals surface area contributed by atoms with Crippen LogP contribution in [-0.4, -0.2) is 86.8 Å². The van der Waals surface area contributed by atoms with Crippen LogP contribution in [0.25, 0.3) is 10.9 Å². The van der Waals surface area contributed by atoms with Gasteiger partial charge in [-0.25, -0.2) is 14.2 Å². The van der Waals surface area contributed by atoms with Gasteiger partial charge in [0.2, 0.25) is 0 Å². The molecule has 2 aliphatic rings. The van der Waals surface area contributed by atoms with E-state index in [1.807, 2.05) is 16.3 Å². The molecule has 0 saturated carbocycles. The van der Waals surface area contributed by atoms with E-state index in [0.717, 1.165) is 29.6 Å². The molecule has 6 rings (SSSR count). The van der Waals surface area contributed by atoms with Crippen molar-refractivity contribution in [1.29, 1.82) is 0 Å². The van der Waals surface area contributed by atoms with Crippen LogP contribution in [0.15, 0.2) is 60.2 Å². The van der Waals surface area contributed by atoms with Gasteiger partial charge in [0, 0.05) is 49.2 Å². The molecular weight excluding hydrogens is 495 g/mol. The van der Waals surface area contributed by atoms with Gasteiger partial charge in [0.25, 0.3) is 5.91 Å². The average molecular weight is 521 g/mol. The second kappa shape index (κ2) is 10.0. The highest BCUT2D eigenvalue weighted by Crippen LogP contribution is 2.22. The summed E-state index contributed by atoms with van der Waals surface area (Å²) in [5, 5.41) is 9.36. The summed E-state index contributed by atoms with van der Waals surface area (Å²) in [5.74, 6) is -0.695. The molecule has 190 valence electrons. The Labute approximate surface area is 216 Å². The lowest BCUT2D eigenvalue weighted by molar-refractivity contribution is -0.182. The maximum atomic E-state index is 13.2. The maximum Gasteiger partial charge on any atom is 0.357 e. The van der Waals surface area contributed by atoms with E-state index in [-0.39, 0.29) is 11.7 Å². The van der Waals surface area contributed by atoms with Gasteiger partial charge in [-0.15, -0.1) is 16.4 Å². The average Bonchev–Trinajstić information content (AvgIpc) is 3.57. The van der Waals surface area contributed by atoms with E-state index >= 15 is 0 Å². The molecule has 2 fully saturated rings. The van der Waals surface area contributed by atoms with Gasteiger partial charge in [0.15, 0.2) is 5.01 Å². The van der Waals surface area contributed by atoms with Crippen LogP contribution >= 0.6 is 11.3 Å². The van der Waals surface area contributed by atoms with Gasteiger partial charge in [-0.3, -0.25) is 14.4 Å². The third-order valence-corrected chi connectivity index (χ3v) is 7.66. The first-order valence-corrected chi connectivity index (χ1v) is 13.0. The third kappa shape index (κ3) is 4.97. The lowest BCUT2D eigenvalue weighted by Crippen LogP contribution is -2.63. The summed E-state index contributed by atoms with van der Waals surface area (Å²) in [6.07, 6.45) is 3.40. The quantitative estimate of drug-likeness (QED) is 0.387. The van der Waals surface area contributed by atoms with E-state index < -0.39 is 5.97 Å². The summed E-state index contributed by atoms with van der Waals surface area (Å²) < 4.78 is 15.0. The number of hydrogen-bond donors (Lipinski definition) is 0. The van der Waals surface area contributed by atoms with Crippen LogP contribution in [0.2, 0.25) is 0 Å². The monoisotopic (exact) mass is 520 g/mol. The minimum Gasteiger partial charge on any atom is -0.364 e. The molecule has 2 aliphatic heterocycles. The van der Waals surface area contributed by atoms with Crippen LogP contribution < -0.4 is 0 Å². The molecule has 0 unspecified atom stereocenters. The van der Waals surface area contributed by atoms with Gasteiger partial charge in [-0.2, -0.15) is 5.10 Å². The second-order valence-electron chi connectivity index (χ2n) is 9.25.